The van der Waals surface area contributed by atoms with Crippen LogP contribution in [0.1, 0.15) is 0 Å². The summed E-state index contributed by atoms with van der Waals surface area (Å²) < 4.78 is 12.7. The lowest BCUT2D eigenvalue weighted by molar-refractivity contribution is 0.358. The van der Waals surface area contributed by atoms with Gasteiger partial charge in [-0.3, -0.25) is 4.98 Å². The lowest BCUT2D eigenvalue weighted by atomic mass is 10.1. The molecule has 2 rings (SSSR count). The van der Waals surface area contributed by atoms with E-state index in [0.717, 1.165) is 24.6 Å². The third kappa shape index (κ3) is 1.86. The summed E-state index contributed by atoms with van der Waals surface area (Å²) >= 11 is 5.74. The Morgan fingerprint density at radius 3 is 2.62 bits per heavy atom. The van der Waals surface area contributed by atoms with Crippen molar-refractivity contribution < 1.29 is 9.47 Å². The minimum atomic E-state index is 0.714. The lowest BCUT2D eigenvalue weighted by Gasteiger charge is -2.12. The predicted molar refractivity (Wildman–Crippen MR) is 75.3 cm³/mol. The monoisotopic (exact) mass is 393 g/mol. The summed E-state index contributed by atoms with van der Waals surface area (Å²) in [7, 11) is 3.27. The van der Waals surface area contributed by atoms with Crippen molar-refractivity contribution in [1.29, 1.82) is 0 Å². The predicted octanol–water partition coefficient (Wildman–Crippen LogP) is 3.62. The van der Waals surface area contributed by atoms with Gasteiger partial charge in [0.1, 0.15) is 0 Å². The average Bonchev–Trinajstić information content (AvgIpc) is 2.29. The van der Waals surface area contributed by atoms with Gasteiger partial charge in [-0.05, 0) is 44.6 Å². The van der Waals surface area contributed by atoms with Gasteiger partial charge in [-0.15, -0.1) is 0 Å². The minimum Gasteiger partial charge on any atom is -0.493 e. The summed E-state index contributed by atoms with van der Waals surface area (Å²) in [4.78, 5) is 4.17. The zero-order valence-corrected chi connectivity index (χ0v) is 12.5. The zero-order valence-electron chi connectivity index (χ0n) is 8.75. The third-order valence-electron chi connectivity index (χ3n) is 2.29. The van der Waals surface area contributed by atoms with Gasteiger partial charge >= 0.3 is 0 Å². The maximum absolute atomic E-state index is 5.41. The summed E-state index contributed by atoms with van der Waals surface area (Å²) in [6.07, 6.45) is 3.61. The molecular formula is C11H9BrINO2. The van der Waals surface area contributed by atoms with E-state index in [4.69, 9.17) is 9.47 Å². The van der Waals surface area contributed by atoms with Crippen molar-refractivity contribution in [2.45, 2.75) is 0 Å². The topological polar surface area (TPSA) is 31.4 Å². The van der Waals surface area contributed by atoms with Crippen LogP contribution in [-0.2, 0) is 0 Å². The van der Waals surface area contributed by atoms with Crippen molar-refractivity contribution in [3.8, 4) is 11.5 Å². The van der Waals surface area contributed by atoms with Gasteiger partial charge in [0.25, 0.3) is 0 Å². The highest BCUT2D eigenvalue weighted by Crippen LogP contribution is 2.41. The molecule has 0 saturated heterocycles. The molecule has 0 N–H and O–H groups in total. The number of ether oxygens (including phenoxy) is 2. The Labute approximate surface area is 115 Å². The molecule has 0 fully saturated rings. The van der Waals surface area contributed by atoms with Crippen molar-refractivity contribution in [2.75, 3.05) is 14.2 Å². The highest BCUT2D eigenvalue weighted by Gasteiger charge is 2.14. The molecule has 0 saturated carbocycles. The molecular weight excluding hydrogens is 385 g/mol. The average molecular weight is 394 g/mol. The molecule has 5 heteroatoms. The molecule has 0 spiro atoms. The molecule has 0 unspecified atom stereocenters. The molecule has 0 radical (unpaired) electrons. The fourth-order valence-corrected chi connectivity index (χ4v) is 2.79. The van der Waals surface area contributed by atoms with Crippen molar-refractivity contribution in [3.05, 3.63) is 26.5 Å². The first kappa shape index (κ1) is 11.9. The smallest absolute Gasteiger partial charge is 0.169 e. The Morgan fingerprint density at radius 2 is 2.00 bits per heavy atom. The van der Waals surface area contributed by atoms with E-state index < -0.39 is 0 Å². The van der Waals surface area contributed by atoms with E-state index in [2.05, 4.69) is 43.5 Å². The number of fused-ring (bicyclic) bond motifs is 1. The van der Waals surface area contributed by atoms with Gasteiger partial charge in [0.15, 0.2) is 11.5 Å². The van der Waals surface area contributed by atoms with Crippen molar-refractivity contribution in [2.24, 2.45) is 0 Å². The molecule has 84 valence electrons. The van der Waals surface area contributed by atoms with Gasteiger partial charge in [0, 0.05) is 31.2 Å². The van der Waals surface area contributed by atoms with E-state index in [0.29, 0.717) is 5.75 Å². The lowest BCUT2D eigenvalue weighted by Crippen LogP contribution is -1.94. The summed E-state index contributed by atoms with van der Waals surface area (Å²) in [5.41, 5.74) is 0. The Morgan fingerprint density at radius 1 is 1.25 bits per heavy atom. The molecule has 3 nitrogen and oxygen atoms in total. The van der Waals surface area contributed by atoms with Crippen LogP contribution in [0.25, 0.3) is 10.8 Å². The number of rotatable bonds is 2. The Bertz CT molecular complexity index is 545. The number of aromatic nitrogens is 1. The summed E-state index contributed by atoms with van der Waals surface area (Å²) in [6, 6.07) is 1.89. The number of nitrogens with zero attached hydrogens (tertiary/aromatic N) is 1. The fourth-order valence-electron chi connectivity index (χ4n) is 1.58. The van der Waals surface area contributed by atoms with Gasteiger partial charge in [-0.1, -0.05) is 0 Å². The van der Waals surface area contributed by atoms with Crippen LogP contribution in [0.3, 0.4) is 0 Å². The zero-order chi connectivity index (χ0) is 11.7. The molecule has 0 aliphatic heterocycles. The highest BCUT2D eigenvalue weighted by molar-refractivity contribution is 14.1. The number of benzene rings is 1. The van der Waals surface area contributed by atoms with E-state index in [1.54, 1.807) is 20.4 Å². The largest absolute Gasteiger partial charge is 0.493 e. The second-order valence-corrected chi connectivity index (χ2v) is 5.15. The first-order chi connectivity index (χ1) is 7.69. The van der Waals surface area contributed by atoms with Crippen LogP contribution in [0.2, 0.25) is 0 Å². The highest BCUT2D eigenvalue weighted by atomic mass is 127. The first-order valence-electron chi connectivity index (χ1n) is 4.52. The van der Waals surface area contributed by atoms with Crippen LogP contribution in [0.15, 0.2) is 22.9 Å². The first-order valence-corrected chi connectivity index (χ1v) is 6.40. The van der Waals surface area contributed by atoms with Gasteiger partial charge in [-0.2, -0.15) is 0 Å². The molecule has 16 heavy (non-hydrogen) atoms. The molecule has 0 amide bonds. The van der Waals surface area contributed by atoms with E-state index in [9.17, 15) is 0 Å². The number of hydrogen-bond acceptors (Lipinski definition) is 3. The fraction of sp³-hybridized carbons (Fsp3) is 0.182. The van der Waals surface area contributed by atoms with Crippen LogP contribution >= 0.6 is 38.5 Å². The number of pyridine rings is 1. The van der Waals surface area contributed by atoms with E-state index in [1.807, 2.05) is 12.3 Å². The van der Waals surface area contributed by atoms with Crippen LogP contribution in [0, 0.1) is 3.57 Å². The minimum absolute atomic E-state index is 0.714. The Hall–Kier alpha value is -0.560. The molecule has 2 aromatic rings. The molecule has 1 aromatic carbocycles. The van der Waals surface area contributed by atoms with Crippen LogP contribution in [0.4, 0.5) is 0 Å². The van der Waals surface area contributed by atoms with Gasteiger partial charge in [-0.25, -0.2) is 0 Å². The Balaban J connectivity index is 2.93. The molecule has 0 bridgehead atoms. The van der Waals surface area contributed by atoms with Crippen molar-refractivity contribution in [3.63, 3.8) is 0 Å². The SMILES string of the molecule is COc1cc(Br)c2cncc(I)c2c1OC. The quantitative estimate of drug-likeness (QED) is 0.730. The maximum Gasteiger partial charge on any atom is 0.169 e. The Kier molecular flexibility index (Phi) is 3.53. The molecule has 0 atom stereocenters. The number of halogens is 2. The van der Waals surface area contributed by atoms with E-state index >= 15 is 0 Å². The standard InChI is InChI=1S/C11H9BrINO2/c1-15-9-3-7(12)6-4-14-5-8(13)10(6)11(9)16-2/h3-5H,1-2H3. The third-order valence-corrected chi connectivity index (χ3v) is 3.76. The molecule has 1 aromatic heterocycles. The maximum atomic E-state index is 5.41. The summed E-state index contributed by atoms with van der Waals surface area (Å²) in [6.45, 7) is 0. The van der Waals surface area contributed by atoms with Crippen molar-refractivity contribution >= 4 is 49.3 Å². The van der Waals surface area contributed by atoms with Gasteiger partial charge < -0.3 is 9.47 Å². The molecule has 0 aliphatic rings. The summed E-state index contributed by atoms with van der Waals surface area (Å²) in [5.74, 6) is 1.46. The number of methoxy groups -OCH3 is 2. The van der Waals surface area contributed by atoms with E-state index in [1.165, 1.54) is 0 Å². The second kappa shape index (κ2) is 4.75. The van der Waals surface area contributed by atoms with E-state index in [-0.39, 0.29) is 0 Å². The molecule has 1 heterocycles. The molecule has 0 aliphatic carbocycles. The van der Waals surface area contributed by atoms with Crippen LogP contribution in [0.5, 0.6) is 11.5 Å². The van der Waals surface area contributed by atoms with Crippen molar-refractivity contribution in [1.82, 2.24) is 4.98 Å². The van der Waals surface area contributed by atoms with Gasteiger partial charge in [0.05, 0.1) is 14.2 Å². The van der Waals surface area contributed by atoms with Crippen LogP contribution in [-0.4, -0.2) is 19.2 Å². The normalized spacial score (nSPS) is 10.5. The second-order valence-electron chi connectivity index (χ2n) is 3.14. The van der Waals surface area contributed by atoms with Gasteiger partial charge in [0.2, 0.25) is 0 Å². The number of hydrogen-bond donors (Lipinski definition) is 0. The summed E-state index contributed by atoms with van der Waals surface area (Å²) in [5, 5.41) is 2.04. The van der Waals surface area contributed by atoms with Crippen LogP contribution < -0.4 is 9.47 Å².